The second kappa shape index (κ2) is 9.32. The normalized spacial score (nSPS) is 17.8. The van der Waals surface area contributed by atoms with Gasteiger partial charge in [0.15, 0.2) is 23.0 Å². The van der Waals surface area contributed by atoms with Gasteiger partial charge < -0.3 is 29.3 Å². The maximum absolute atomic E-state index is 13.0. The number of nitrogens with one attached hydrogen (secondary N) is 1. The lowest BCUT2D eigenvalue weighted by molar-refractivity contribution is 0.0764. The van der Waals surface area contributed by atoms with Crippen LogP contribution in [0.1, 0.15) is 35.0 Å². The molecule has 2 N–H and O–H groups in total. The molecule has 8 nitrogen and oxygen atoms in total. The van der Waals surface area contributed by atoms with E-state index in [4.69, 9.17) is 14.0 Å². The van der Waals surface area contributed by atoms with Crippen molar-refractivity contribution in [2.75, 3.05) is 32.8 Å². The fraction of sp³-hybridized carbons (Fsp3) is 0.391. The first-order valence-corrected chi connectivity index (χ1v) is 11.7. The summed E-state index contributed by atoms with van der Waals surface area (Å²) in [4.78, 5) is 16.1. The average Bonchev–Trinajstić information content (AvgIpc) is 3.60. The summed E-state index contributed by atoms with van der Waals surface area (Å²) in [5.74, 6) is 1.44. The quantitative estimate of drug-likeness (QED) is 0.565. The highest BCUT2D eigenvalue weighted by atomic mass is 32.1. The van der Waals surface area contributed by atoms with Gasteiger partial charge in [-0.25, -0.2) is 0 Å². The number of likely N-dealkylation sites (tertiary alicyclic amines) is 1. The van der Waals surface area contributed by atoms with Crippen LogP contribution in [0.5, 0.6) is 11.5 Å². The smallest absolute Gasteiger partial charge is 0.273 e. The Morgan fingerprint density at radius 3 is 2.75 bits per heavy atom. The van der Waals surface area contributed by atoms with E-state index in [1.807, 2.05) is 23.6 Å². The van der Waals surface area contributed by atoms with Crippen LogP contribution in [-0.4, -0.2) is 60.0 Å². The molecule has 2 unspecified atom stereocenters. The van der Waals surface area contributed by atoms with Gasteiger partial charge in [-0.3, -0.25) is 4.79 Å². The summed E-state index contributed by atoms with van der Waals surface area (Å²) in [6, 6.07) is 10.3. The maximum atomic E-state index is 13.0. The molecule has 2 aliphatic rings. The Morgan fingerprint density at radius 1 is 1.16 bits per heavy atom. The zero-order chi connectivity index (χ0) is 21.9. The fourth-order valence-electron chi connectivity index (χ4n) is 4.10. The van der Waals surface area contributed by atoms with Gasteiger partial charge in [-0.05, 0) is 55.1 Å². The van der Waals surface area contributed by atoms with Gasteiger partial charge in [0.05, 0.1) is 10.9 Å². The Labute approximate surface area is 189 Å². The lowest BCUT2D eigenvalue weighted by atomic mass is 10.0. The van der Waals surface area contributed by atoms with Gasteiger partial charge in [-0.15, -0.1) is 11.3 Å². The number of fused-ring (bicyclic) bond motifs is 1. The van der Waals surface area contributed by atoms with E-state index in [0.717, 1.165) is 30.8 Å². The highest BCUT2D eigenvalue weighted by Gasteiger charge is 2.29. The van der Waals surface area contributed by atoms with Gasteiger partial charge >= 0.3 is 0 Å². The van der Waals surface area contributed by atoms with Gasteiger partial charge in [-0.1, -0.05) is 17.3 Å². The third kappa shape index (κ3) is 4.50. The Hall–Kier alpha value is -2.88. The molecule has 1 saturated heterocycles. The number of aliphatic hydroxyl groups excluding tert-OH is 1. The van der Waals surface area contributed by atoms with Crippen LogP contribution < -0.4 is 14.8 Å². The van der Waals surface area contributed by atoms with Crippen LogP contribution in [0, 0.1) is 0 Å². The minimum Gasteiger partial charge on any atom is -0.486 e. The molecule has 2 aliphatic heterocycles. The first-order chi connectivity index (χ1) is 15.7. The second-order valence-corrected chi connectivity index (χ2v) is 8.94. The van der Waals surface area contributed by atoms with Crippen molar-refractivity contribution in [1.29, 1.82) is 0 Å². The van der Waals surface area contributed by atoms with Crippen molar-refractivity contribution in [2.24, 2.45) is 0 Å². The van der Waals surface area contributed by atoms with E-state index in [-0.39, 0.29) is 11.6 Å². The first kappa shape index (κ1) is 21.0. The lowest BCUT2D eigenvalue weighted by Crippen LogP contribution is -2.46. The predicted molar refractivity (Wildman–Crippen MR) is 119 cm³/mol. The first-order valence-electron chi connectivity index (χ1n) is 10.8. The molecule has 5 rings (SSSR count). The average molecular weight is 456 g/mol. The molecule has 1 fully saturated rings. The number of thiophene rings is 1. The molecule has 4 heterocycles. The van der Waals surface area contributed by atoms with E-state index in [9.17, 15) is 9.90 Å². The minimum atomic E-state index is -0.918. The number of aliphatic hydroxyl groups is 1. The summed E-state index contributed by atoms with van der Waals surface area (Å²) in [5, 5.41) is 20.1. The van der Waals surface area contributed by atoms with Crippen molar-refractivity contribution in [3.63, 3.8) is 0 Å². The number of nitrogens with zero attached hydrogens (tertiary/aromatic N) is 2. The highest BCUT2D eigenvalue weighted by molar-refractivity contribution is 7.13. The summed E-state index contributed by atoms with van der Waals surface area (Å²) in [7, 11) is 0. The SMILES string of the molecule is O=C(NC(CN1CCCC1)C(O)c1ccc2c(c1)OCCO2)c1cc(-c2cccs2)on1. The molecule has 32 heavy (non-hydrogen) atoms. The standard InChI is InChI=1S/C23H25N3O5S/c27-22(15-5-6-18-19(12-15)30-10-9-29-18)17(14-26-7-1-2-8-26)24-23(28)16-13-20(31-25-16)21-4-3-11-32-21/h3-6,11-13,17,22,27H,1-2,7-10,14H2,(H,24,28). The maximum Gasteiger partial charge on any atom is 0.273 e. The molecule has 1 aromatic carbocycles. The summed E-state index contributed by atoms with van der Waals surface area (Å²) in [6.45, 7) is 3.42. The number of hydrogen-bond acceptors (Lipinski definition) is 8. The van der Waals surface area contributed by atoms with Crippen molar-refractivity contribution in [3.05, 3.63) is 53.0 Å². The van der Waals surface area contributed by atoms with Gasteiger partial charge in [0.1, 0.15) is 19.3 Å². The molecule has 3 aromatic rings. The number of benzene rings is 1. The molecule has 0 saturated carbocycles. The summed E-state index contributed by atoms with van der Waals surface area (Å²) >= 11 is 1.52. The molecule has 2 atom stereocenters. The Kier molecular flexibility index (Phi) is 6.11. The molecule has 9 heteroatoms. The topological polar surface area (TPSA) is 97.1 Å². The van der Waals surface area contributed by atoms with Crippen LogP contribution in [-0.2, 0) is 0 Å². The molecule has 2 aromatic heterocycles. The van der Waals surface area contributed by atoms with E-state index in [1.165, 1.54) is 11.3 Å². The number of aromatic nitrogens is 1. The summed E-state index contributed by atoms with van der Waals surface area (Å²) in [6.07, 6.45) is 1.32. The van der Waals surface area contributed by atoms with Crippen LogP contribution in [0.3, 0.4) is 0 Å². The predicted octanol–water partition coefficient (Wildman–Crippen LogP) is 3.10. The lowest BCUT2D eigenvalue weighted by Gasteiger charge is -2.29. The zero-order valence-corrected chi connectivity index (χ0v) is 18.3. The number of ether oxygens (including phenoxy) is 2. The highest BCUT2D eigenvalue weighted by Crippen LogP contribution is 2.33. The van der Waals surface area contributed by atoms with Crippen molar-refractivity contribution >= 4 is 17.2 Å². The summed E-state index contributed by atoms with van der Waals surface area (Å²) in [5.41, 5.74) is 0.854. The monoisotopic (exact) mass is 455 g/mol. The number of carbonyl (C=O) groups excluding carboxylic acids is 1. The van der Waals surface area contributed by atoms with Gasteiger partial charge in [0, 0.05) is 12.6 Å². The van der Waals surface area contributed by atoms with E-state index in [1.54, 1.807) is 18.2 Å². The zero-order valence-electron chi connectivity index (χ0n) is 17.5. The molecule has 0 aliphatic carbocycles. The van der Waals surface area contributed by atoms with Crippen LogP contribution in [0.25, 0.3) is 10.6 Å². The number of amides is 1. The molecular formula is C23H25N3O5S. The Morgan fingerprint density at radius 2 is 1.97 bits per heavy atom. The van der Waals surface area contributed by atoms with E-state index >= 15 is 0 Å². The van der Waals surface area contributed by atoms with Gasteiger partial charge in [0.25, 0.3) is 5.91 Å². The molecule has 0 spiro atoms. The van der Waals surface area contributed by atoms with Crippen LogP contribution in [0.4, 0.5) is 0 Å². The minimum absolute atomic E-state index is 0.189. The van der Waals surface area contributed by atoms with Crippen LogP contribution in [0.15, 0.2) is 46.3 Å². The molecule has 1 amide bonds. The third-order valence-electron chi connectivity index (χ3n) is 5.77. The Bertz CT molecular complexity index is 1060. The van der Waals surface area contributed by atoms with Crippen LogP contribution >= 0.6 is 11.3 Å². The molecule has 0 radical (unpaired) electrons. The third-order valence-corrected chi connectivity index (χ3v) is 6.65. The Balaban J connectivity index is 1.35. The van der Waals surface area contributed by atoms with Gasteiger partial charge in [-0.2, -0.15) is 0 Å². The summed E-state index contributed by atoms with van der Waals surface area (Å²) < 4.78 is 16.6. The molecule has 0 bridgehead atoms. The van der Waals surface area contributed by atoms with Gasteiger partial charge in [0.2, 0.25) is 0 Å². The van der Waals surface area contributed by atoms with Crippen molar-refractivity contribution in [3.8, 4) is 22.1 Å². The number of hydrogen-bond donors (Lipinski definition) is 2. The second-order valence-electron chi connectivity index (χ2n) is 7.99. The fourth-order valence-corrected chi connectivity index (χ4v) is 4.78. The van der Waals surface area contributed by atoms with E-state index in [2.05, 4.69) is 15.4 Å². The van der Waals surface area contributed by atoms with E-state index < -0.39 is 12.1 Å². The van der Waals surface area contributed by atoms with Crippen molar-refractivity contribution < 1.29 is 23.9 Å². The van der Waals surface area contributed by atoms with Crippen molar-refractivity contribution in [1.82, 2.24) is 15.4 Å². The molecular weight excluding hydrogens is 430 g/mol. The molecule has 168 valence electrons. The van der Waals surface area contributed by atoms with Crippen LogP contribution in [0.2, 0.25) is 0 Å². The number of rotatable bonds is 7. The largest absolute Gasteiger partial charge is 0.486 e. The van der Waals surface area contributed by atoms with E-state index in [0.29, 0.717) is 42.6 Å². The number of carbonyl (C=O) groups is 1. The van der Waals surface area contributed by atoms with Crippen molar-refractivity contribution in [2.45, 2.75) is 25.0 Å².